The fourth-order valence-corrected chi connectivity index (χ4v) is 1.22. The first-order chi connectivity index (χ1) is 6.68. The second-order valence-corrected chi connectivity index (χ2v) is 2.82. The summed E-state index contributed by atoms with van der Waals surface area (Å²) in [5.41, 5.74) is 0.495. The van der Waals surface area contributed by atoms with Crippen LogP contribution in [0.2, 0.25) is 0 Å². The third-order valence-corrected chi connectivity index (χ3v) is 1.82. The Labute approximate surface area is 79.7 Å². The molecule has 1 aromatic heterocycles. The van der Waals surface area contributed by atoms with Crippen LogP contribution >= 0.6 is 0 Å². The number of hydrogen-bond donors (Lipinski definition) is 3. The Kier molecular flexibility index (Phi) is 2.10. The van der Waals surface area contributed by atoms with Gasteiger partial charge in [0.15, 0.2) is 6.61 Å². The fourth-order valence-electron chi connectivity index (χ4n) is 1.22. The summed E-state index contributed by atoms with van der Waals surface area (Å²) in [7, 11) is -1.66. The minimum absolute atomic E-state index is 0.128. The number of aromatic nitrogens is 1. The fraction of sp³-hybridized carbons (Fsp3) is 0.143. The van der Waals surface area contributed by atoms with Crippen LogP contribution in [-0.2, 0) is 4.79 Å². The van der Waals surface area contributed by atoms with Crippen molar-refractivity contribution in [2.75, 3.05) is 11.9 Å². The van der Waals surface area contributed by atoms with E-state index in [0.717, 1.165) is 0 Å². The van der Waals surface area contributed by atoms with E-state index in [-0.39, 0.29) is 23.7 Å². The maximum absolute atomic E-state index is 10.9. The molecule has 1 amide bonds. The molecule has 0 bridgehead atoms. The number of anilines is 1. The smallest absolute Gasteiger partial charge is 0.482 e. The van der Waals surface area contributed by atoms with E-state index in [1.165, 1.54) is 12.4 Å². The molecule has 2 heterocycles. The molecule has 72 valence electrons. The zero-order valence-corrected chi connectivity index (χ0v) is 7.10. The molecule has 0 saturated carbocycles. The maximum atomic E-state index is 10.9. The van der Waals surface area contributed by atoms with Gasteiger partial charge in [0.2, 0.25) is 0 Å². The predicted molar refractivity (Wildman–Crippen MR) is 48.2 cm³/mol. The minimum Gasteiger partial charge on any atom is -0.482 e. The van der Waals surface area contributed by atoms with E-state index in [1.807, 2.05) is 0 Å². The van der Waals surface area contributed by atoms with E-state index in [0.29, 0.717) is 5.69 Å². The van der Waals surface area contributed by atoms with Crippen molar-refractivity contribution in [1.29, 1.82) is 0 Å². The van der Waals surface area contributed by atoms with Gasteiger partial charge in [-0.2, -0.15) is 0 Å². The van der Waals surface area contributed by atoms with Crippen LogP contribution in [0.3, 0.4) is 0 Å². The summed E-state index contributed by atoms with van der Waals surface area (Å²) in [6.45, 7) is -0.128. The largest absolute Gasteiger partial charge is 0.493 e. The van der Waals surface area contributed by atoms with Crippen molar-refractivity contribution in [3.8, 4) is 5.75 Å². The predicted octanol–water partition coefficient (Wildman–Crippen LogP) is -1.91. The van der Waals surface area contributed by atoms with E-state index in [2.05, 4.69) is 10.3 Å². The van der Waals surface area contributed by atoms with Crippen LogP contribution in [0.5, 0.6) is 5.75 Å². The van der Waals surface area contributed by atoms with Crippen molar-refractivity contribution in [3.05, 3.63) is 12.4 Å². The molecule has 6 nitrogen and oxygen atoms in total. The summed E-state index contributed by atoms with van der Waals surface area (Å²) in [6.07, 6.45) is 2.67. The van der Waals surface area contributed by atoms with Gasteiger partial charge in [0.05, 0.1) is 6.20 Å². The highest BCUT2D eigenvalue weighted by Gasteiger charge is 2.25. The molecular weight excluding hydrogens is 187 g/mol. The first kappa shape index (κ1) is 8.98. The zero-order chi connectivity index (χ0) is 10.1. The van der Waals surface area contributed by atoms with Gasteiger partial charge in [0, 0.05) is 11.7 Å². The molecule has 7 heteroatoms. The maximum Gasteiger partial charge on any atom is 0.493 e. The summed E-state index contributed by atoms with van der Waals surface area (Å²) in [6, 6.07) is 0. The Balaban J connectivity index is 2.46. The van der Waals surface area contributed by atoms with E-state index >= 15 is 0 Å². The average molecular weight is 194 g/mol. The number of pyridine rings is 1. The van der Waals surface area contributed by atoms with Gasteiger partial charge in [-0.3, -0.25) is 9.78 Å². The molecule has 0 saturated heterocycles. The van der Waals surface area contributed by atoms with Crippen molar-refractivity contribution in [2.45, 2.75) is 0 Å². The minimum atomic E-state index is -1.66. The van der Waals surface area contributed by atoms with Gasteiger partial charge in [-0.25, -0.2) is 0 Å². The van der Waals surface area contributed by atoms with Crippen molar-refractivity contribution in [1.82, 2.24) is 4.98 Å². The van der Waals surface area contributed by atoms with Crippen LogP contribution in [0.15, 0.2) is 12.4 Å². The van der Waals surface area contributed by atoms with Crippen LogP contribution in [0.1, 0.15) is 0 Å². The Morgan fingerprint density at radius 2 is 2.29 bits per heavy atom. The molecule has 1 aliphatic heterocycles. The Morgan fingerprint density at radius 3 is 3.00 bits per heavy atom. The highest BCUT2D eigenvalue weighted by atomic mass is 16.5. The van der Waals surface area contributed by atoms with Crippen LogP contribution in [0.25, 0.3) is 0 Å². The molecule has 0 atom stereocenters. The number of fused-ring (bicyclic) bond motifs is 1. The molecule has 0 radical (unpaired) electrons. The third-order valence-electron chi connectivity index (χ3n) is 1.82. The third kappa shape index (κ3) is 1.43. The second kappa shape index (κ2) is 3.28. The van der Waals surface area contributed by atoms with E-state index < -0.39 is 7.12 Å². The number of rotatable bonds is 1. The molecule has 1 aliphatic rings. The highest BCUT2D eigenvalue weighted by Crippen LogP contribution is 2.23. The molecule has 2 rings (SSSR count). The summed E-state index contributed by atoms with van der Waals surface area (Å²) in [5, 5.41) is 20.4. The number of carbonyl (C=O) groups excluding carboxylic acids is 1. The molecule has 0 aliphatic carbocycles. The Hall–Kier alpha value is -1.60. The molecule has 0 fully saturated rings. The van der Waals surface area contributed by atoms with Crippen molar-refractivity contribution >= 4 is 24.2 Å². The first-order valence-electron chi connectivity index (χ1n) is 3.95. The summed E-state index contributed by atoms with van der Waals surface area (Å²) >= 11 is 0. The molecule has 0 unspecified atom stereocenters. The lowest BCUT2D eigenvalue weighted by Crippen LogP contribution is -2.36. The van der Waals surface area contributed by atoms with Crippen LogP contribution in [0.4, 0.5) is 5.69 Å². The molecular formula is C7H7BN2O4. The van der Waals surface area contributed by atoms with E-state index in [9.17, 15) is 4.79 Å². The first-order valence-corrected chi connectivity index (χ1v) is 3.95. The lowest BCUT2D eigenvalue weighted by molar-refractivity contribution is -0.118. The van der Waals surface area contributed by atoms with Gasteiger partial charge < -0.3 is 20.1 Å². The lowest BCUT2D eigenvalue weighted by atomic mass is 9.80. The number of ether oxygens (including phenoxy) is 1. The normalized spacial score (nSPS) is 14.0. The van der Waals surface area contributed by atoms with Crippen molar-refractivity contribution in [2.24, 2.45) is 0 Å². The van der Waals surface area contributed by atoms with Crippen molar-refractivity contribution < 1.29 is 19.6 Å². The number of hydrogen-bond acceptors (Lipinski definition) is 5. The van der Waals surface area contributed by atoms with Gasteiger partial charge in [-0.05, 0) is 0 Å². The average Bonchev–Trinajstić information content (AvgIpc) is 2.16. The zero-order valence-electron chi connectivity index (χ0n) is 7.10. The van der Waals surface area contributed by atoms with Gasteiger partial charge in [-0.1, -0.05) is 0 Å². The Bertz CT molecular complexity index is 382. The highest BCUT2D eigenvalue weighted by molar-refractivity contribution is 6.60. The van der Waals surface area contributed by atoms with Crippen LogP contribution in [0, 0.1) is 0 Å². The summed E-state index contributed by atoms with van der Waals surface area (Å²) in [5.74, 6) is -0.0292. The standard InChI is InChI=1S/C7H7BN2O4/c11-6-3-14-7-4(8(12)13)1-9-2-5(7)10-6/h1-2,12-13H,3H2,(H,10,11). The number of amides is 1. The lowest BCUT2D eigenvalue weighted by Gasteiger charge is -2.19. The second-order valence-electron chi connectivity index (χ2n) is 2.82. The SMILES string of the molecule is O=C1COc2c(cncc2B(O)O)N1. The Morgan fingerprint density at radius 1 is 1.50 bits per heavy atom. The van der Waals surface area contributed by atoms with E-state index in [4.69, 9.17) is 14.8 Å². The van der Waals surface area contributed by atoms with Gasteiger partial charge in [0.1, 0.15) is 11.4 Å². The topological polar surface area (TPSA) is 91.7 Å². The van der Waals surface area contributed by atoms with Crippen LogP contribution in [-0.4, -0.2) is 34.7 Å². The summed E-state index contributed by atoms with van der Waals surface area (Å²) < 4.78 is 5.06. The number of nitrogens with zero attached hydrogens (tertiary/aromatic N) is 1. The van der Waals surface area contributed by atoms with Crippen molar-refractivity contribution in [3.63, 3.8) is 0 Å². The van der Waals surface area contributed by atoms with Gasteiger partial charge in [-0.15, -0.1) is 0 Å². The summed E-state index contributed by atoms with van der Waals surface area (Å²) in [4.78, 5) is 14.7. The van der Waals surface area contributed by atoms with Gasteiger partial charge in [0.25, 0.3) is 5.91 Å². The molecule has 14 heavy (non-hydrogen) atoms. The molecule has 0 aromatic carbocycles. The molecule has 0 spiro atoms. The monoisotopic (exact) mass is 194 g/mol. The number of carbonyl (C=O) groups is 1. The molecule has 1 aromatic rings. The van der Waals surface area contributed by atoms with Gasteiger partial charge >= 0.3 is 7.12 Å². The van der Waals surface area contributed by atoms with Crippen LogP contribution < -0.4 is 15.5 Å². The molecule has 3 N–H and O–H groups in total. The number of nitrogens with one attached hydrogen (secondary N) is 1. The van der Waals surface area contributed by atoms with E-state index in [1.54, 1.807) is 0 Å². The quantitative estimate of drug-likeness (QED) is 0.453.